The van der Waals surface area contributed by atoms with E-state index in [-0.39, 0.29) is 11.8 Å². The Balaban J connectivity index is 1.63. The fourth-order valence-electron chi connectivity index (χ4n) is 3.17. The van der Waals surface area contributed by atoms with Gasteiger partial charge in [-0.3, -0.25) is 14.5 Å². The van der Waals surface area contributed by atoms with Crippen LogP contribution in [-0.4, -0.2) is 56.1 Å². The lowest BCUT2D eigenvalue weighted by Gasteiger charge is -2.26. The van der Waals surface area contributed by atoms with Crippen LogP contribution in [0.1, 0.15) is 18.9 Å². The summed E-state index contributed by atoms with van der Waals surface area (Å²) in [6, 6.07) is 5.81. The highest BCUT2D eigenvalue weighted by Crippen LogP contribution is 2.35. The van der Waals surface area contributed by atoms with Crippen molar-refractivity contribution >= 4 is 23.2 Å². The lowest BCUT2D eigenvalue weighted by atomic mass is 10.1. The van der Waals surface area contributed by atoms with Crippen LogP contribution in [0.2, 0.25) is 0 Å². The maximum atomic E-state index is 12.3. The molecule has 0 spiro atoms. The summed E-state index contributed by atoms with van der Waals surface area (Å²) in [5, 5.41) is 2.98. The molecule has 2 aliphatic rings. The number of nitrogens with one attached hydrogen (secondary N) is 1. The Morgan fingerprint density at radius 2 is 2.00 bits per heavy atom. The Morgan fingerprint density at radius 1 is 1.22 bits per heavy atom. The van der Waals surface area contributed by atoms with Crippen LogP contribution in [0.25, 0.3) is 0 Å². The summed E-state index contributed by atoms with van der Waals surface area (Å²) in [6.45, 7) is 6.22. The normalized spacial score (nSPS) is 17.9. The van der Waals surface area contributed by atoms with Crippen molar-refractivity contribution in [1.82, 2.24) is 4.90 Å². The highest BCUT2D eigenvalue weighted by atomic mass is 16.5. The molecule has 6 nitrogen and oxygen atoms in total. The highest BCUT2D eigenvalue weighted by molar-refractivity contribution is 6.02. The summed E-state index contributed by atoms with van der Waals surface area (Å²) in [7, 11) is 0. The smallest absolute Gasteiger partial charge is 0.225 e. The Morgan fingerprint density at radius 3 is 2.74 bits per heavy atom. The van der Waals surface area contributed by atoms with Gasteiger partial charge >= 0.3 is 0 Å². The topological polar surface area (TPSA) is 61.9 Å². The van der Waals surface area contributed by atoms with Gasteiger partial charge in [0.05, 0.1) is 24.6 Å². The van der Waals surface area contributed by atoms with Crippen molar-refractivity contribution in [3.63, 3.8) is 0 Å². The summed E-state index contributed by atoms with van der Waals surface area (Å²) < 4.78 is 5.31. The van der Waals surface area contributed by atoms with Gasteiger partial charge in [0.2, 0.25) is 11.8 Å². The van der Waals surface area contributed by atoms with Gasteiger partial charge in [0, 0.05) is 39.5 Å². The molecule has 1 fully saturated rings. The predicted octanol–water partition coefficient (Wildman–Crippen LogP) is 1.26. The molecule has 2 amide bonds. The van der Waals surface area contributed by atoms with E-state index in [2.05, 4.69) is 10.2 Å². The SMILES string of the molecule is CC(=O)N1CCc2cccc(NC(=O)CCN3CCOCC3)c21. The molecule has 0 radical (unpaired) electrons. The number of hydrogen-bond acceptors (Lipinski definition) is 4. The molecule has 1 N–H and O–H groups in total. The molecule has 0 saturated carbocycles. The van der Waals surface area contributed by atoms with Crippen LogP contribution in [0, 0.1) is 0 Å². The van der Waals surface area contributed by atoms with E-state index in [1.165, 1.54) is 0 Å². The third-order valence-electron chi connectivity index (χ3n) is 4.41. The summed E-state index contributed by atoms with van der Waals surface area (Å²) >= 11 is 0. The van der Waals surface area contributed by atoms with E-state index in [0.717, 1.165) is 56.2 Å². The van der Waals surface area contributed by atoms with Crippen LogP contribution >= 0.6 is 0 Å². The van der Waals surface area contributed by atoms with Gasteiger partial charge in [-0.2, -0.15) is 0 Å². The van der Waals surface area contributed by atoms with Gasteiger partial charge in [0.15, 0.2) is 0 Å². The fourth-order valence-corrected chi connectivity index (χ4v) is 3.17. The highest BCUT2D eigenvalue weighted by Gasteiger charge is 2.25. The van der Waals surface area contributed by atoms with E-state index in [1.54, 1.807) is 11.8 Å². The molecule has 0 aliphatic carbocycles. The lowest BCUT2D eigenvalue weighted by molar-refractivity contribution is -0.117. The average Bonchev–Trinajstić information content (AvgIpc) is 2.99. The molecule has 3 rings (SSSR count). The van der Waals surface area contributed by atoms with E-state index in [4.69, 9.17) is 4.74 Å². The molecule has 0 atom stereocenters. The Kier molecular flexibility index (Phi) is 4.93. The maximum Gasteiger partial charge on any atom is 0.225 e. The molecule has 1 saturated heterocycles. The van der Waals surface area contributed by atoms with Crippen LogP contribution < -0.4 is 10.2 Å². The molecule has 0 aromatic heterocycles. The van der Waals surface area contributed by atoms with Crippen LogP contribution in [0.5, 0.6) is 0 Å². The van der Waals surface area contributed by atoms with Gasteiger partial charge in [-0.1, -0.05) is 12.1 Å². The van der Waals surface area contributed by atoms with Gasteiger partial charge in [0.1, 0.15) is 0 Å². The summed E-state index contributed by atoms with van der Waals surface area (Å²) in [4.78, 5) is 28.0. The summed E-state index contributed by atoms with van der Waals surface area (Å²) in [5.74, 6) is -0.000871. The number of benzene rings is 1. The minimum Gasteiger partial charge on any atom is -0.379 e. The maximum absolute atomic E-state index is 12.3. The van der Waals surface area contributed by atoms with Crippen LogP contribution in [0.3, 0.4) is 0 Å². The van der Waals surface area contributed by atoms with Crippen molar-refractivity contribution in [2.45, 2.75) is 19.8 Å². The number of ether oxygens (including phenoxy) is 1. The molecule has 23 heavy (non-hydrogen) atoms. The predicted molar refractivity (Wildman–Crippen MR) is 88.7 cm³/mol. The van der Waals surface area contributed by atoms with E-state index in [0.29, 0.717) is 13.0 Å². The Hall–Kier alpha value is -1.92. The van der Waals surface area contributed by atoms with E-state index in [1.807, 2.05) is 18.2 Å². The number of amides is 2. The van der Waals surface area contributed by atoms with Crippen molar-refractivity contribution in [2.75, 3.05) is 49.6 Å². The largest absolute Gasteiger partial charge is 0.379 e. The van der Waals surface area contributed by atoms with Crippen molar-refractivity contribution in [3.05, 3.63) is 23.8 Å². The van der Waals surface area contributed by atoms with Gasteiger partial charge in [-0.15, -0.1) is 0 Å². The van der Waals surface area contributed by atoms with Crippen molar-refractivity contribution in [2.24, 2.45) is 0 Å². The van der Waals surface area contributed by atoms with Gasteiger partial charge in [-0.25, -0.2) is 0 Å². The molecular weight excluding hydrogens is 294 g/mol. The summed E-state index contributed by atoms with van der Waals surface area (Å²) in [5.41, 5.74) is 2.72. The monoisotopic (exact) mass is 317 g/mol. The van der Waals surface area contributed by atoms with Crippen molar-refractivity contribution < 1.29 is 14.3 Å². The van der Waals surface area contributed by atoms with Crippen LogP contribution in [0.15, 0.2) is 18.2 Å². The first kappa shape index (κ1) is 16.0. The summed E-state index contributed by atoms with van der Waals surface area (Å²) in [6.07, 6.45) is 1.29. The van der Waals surface area contributed by atoms with Gasteiger partial charge < -0.3 is 15.0 Å². The third-order valence-corrected chi connectivity index (χ3v) is 4.41. The number of hydrogen-bond donors (Lipinski definition) is 1. The number of para-hydroxylation sites is 1. The first-order valence-corrected chi connectivity index (χ1v) is 8.15. The Labute approximate surface area is 136 Å². The number of nitrogens with zero attached hydrogens (tertiary/aromatic N) is 2. The van der Waals surface area contributed by atoms with E-state index < -0.39 is 0 Å². The standard InChI is InChI=1S/C17H23N3O3/c1-13(21)20-8-5-14-3-2-4-15(17(14)20)18-16(22)6-7-19-9-11-23-12-10-19/h2-4H,5-12H2,1H3,(H,18,22). The van der Waals surface area contributed by atoms with Crippen molar-refractivity contribution in [3.8, 4) is 0 Å². The molecule has 0 unspecified atom stereocenters. The number of carbonyl (C=O) groups excluding carboxylic acids is 2. The third kappa shape index (κ3) is 3.71. The van der Waals surface area contributed by atoms with Crippen LogP contribution in [-0.2, 0) is 20.7 Å². The van der Waals surface area contributed by atoms with Crippen molar-refractivity contribution in [1.29, 1.82) is 0 Å². The average molecular weight is 317 g/mol. The number of morpholine rings is 1. The van der Waals surface area contributed by atoms with Crippen LogP contribution in [0.4, 0.5) is 11.4 Å². The minimum atomic E-state index is -0.0136. The number of rotatable bonds is 4. The molecule has 2 aliphatic heterocycles. The van der Waals surface area contributed by atoms with E-state index >= 15 is 0 Å². The molecule has 2 heterocycles. The van der Waals surface area contributed by atoms with Gasteiger partial charge in [-0.05, 0) is 18.1 Å². The second-order valence-electron chi connectivity index (χ2n) is 5.99. The second-order valence-corrected chi connectivity index (χ2v) is 5.99. The Bertz CT molecular complexity index is 597. The lowest BCUT2D eigenvalue weighted by Crippen LogP contribution is -2.38. The zero-order valence-corrected chi connectivity index (χ0v) is 13.5. The number of fused-ring (bicyclic) bond motifs is 1. The fraction of sp³-hybridized carbons (Fsp3) is 0.529. The first-order chi connectivity index (χ1) is 11.1. The first-order valence-electron chi connectivity index (χ1n) is 8.15. The zero-order chi connectivity index (χ0) is 16.2. The molecule has 0 bridgehead atoms. The number of carbonyl (C=O) groups is 2. The second kappa shape index (κ2) is 7.10. The number of anilines is 2. The minimum absolute atomic E-state index is 0.0127. The molecule has 1 aromatic carbocycles. The van der Waals surface area contributed by atoms with E-state index in [9.17, 15) is 9.59 Å². The zero-order valence-electron chi connectivity index (χ0n) is 13.5. The molecule has 1 aromatic rings. The molecule has 6 heteroatoms. The molecule has 124 valence electrons. The van der Waals surface area contributed by atoms with Gasteiger partial charge in [0.25, 0.3) is 0 Å². The molecular formula is C17H23N3O3. The quantitative estimate of drug-likeness (QED) is 0.908.